The van der Waals surface area contributed by atoms with Crippen LogP contribution in [0.15, 0.2) is 34.8 Å². The van der Waals surface area contributed by atoms with E-state index in [2.05, 4.69) is 26.2 Å². The maximum Gasteiger partial charge on any atom is 0.261 e. The minimum Gasteiger partial charge on any atom is -0.497 e. The fourth-order valence-electron chi connectivity index (χ4n) is 2.42. The second-order valence-corrected chi connectivity index (χ2v) is 7.06. The first-order chi connectivity index (χ1) is 11.5. The first kappa shape index (κ1) is 16.7. The molecule has 1 heterocycles. The number of amides is 1. The number of aromatic nitrogens is 1. The van der Waals surface area contributed by atoms with Gasteiger partial charge in [-0.1, -0.05) is 27.3 Å². The zero-order valence-electron chi connectivity index (χ0n) is 13.3. The molecule has 5 nitrogen and oxygen atoms in total. The number of fused-ring (bicyclic) bond motifs is 1. The van der Waals surface area contributed by atoms with E-state index in [-0.39, 0.29) is 5.91 Å². The first-order valence-electron chi connectivity index (χ1n) is 7.12. The molecule has 0 aliphatic heterocycles. The number of hydrogen-bond acceptors (Lipinski definition) is 5. The van der Waals surface area contributed by atoms with E-state index in [1.165, 1.54) is 11.3 Å². The average Bonchev–Trinajstić information content (AvgIpc) is 2.95. The van der Waals surface area contributed by atoms with Crippen LogP contribution in [0.4, 0.5) is 5.13 Å². The van der Waals surface area contributed by atoms with Crippen LogP contribution in [0.2, 0.25) is 0 Å². The number of rotatable bonds is 4. The summed E-state index contributed by atoms with van der Waals surface area (Å²) in [6.07, 6.45) is 0. The predicted molar refractivity (Wildman–Crippen MR) is 99.6 cm³/mol. The summed E-state index contributed by atoms with van der Waals surface area (Å²) in [6, 6.07) is 9.24. The summed E-state index contributed by atoms with van der Waals surface area (Å²) in [5.41, 5.74) is 2.15. The van der Waals surface area contributed by atoms with Gasteiger partial charge in [0.05, 0.1) is 30.0 Å². The molecule has 0 aliphatic carbocycles. The van der Waals surface area contributed by atoms with Gasteiger partial charge in [-0.2, -0.15) is 0 Å². The van der Waals surface area contributed by atoms with Gasteiger partial charge in [-0.05, 0) is 42.8 Å². The summed E-state index contributed by atoms with van der Waals surface area (Å²) in [6.45, 7) is 1.89. The SMILES string of the molecule is COc1ccc2nc(NC(=O)c3cc(Br)cc(C)c3OC)sc2c1. The Bertz CT molecular complexity index is 924. The Kier molecular flexibility index (Phi) is 4.73. The number of nitrogens with zero attached hydrogens (tertiary/aromatic N) is 1. The number of halogens is 1. The molecule has 2 aromatic carbocycles. The van der Waals surface area contributed by atoms with Gasteiger partial charge < -0.3 is 9.47 Å². The quantitative estimate of drug-likeness (QED) is 0.685. The molecule has 0 fully saturated rings. The third kappa shape index (κ3) is 3.22. The fourth-order valence-corrected chi connectivity index (χ4v) is 3.88. The van der Waals surface area contributed by atoms with Crippen molar-refractivity contribution in [3.8, 4) is 11.5 Å². The predicted octanol–water partition coefficient (Wildman–Crippen LogP) is 4.64. The van der Waals surface area contributed by atoms with E-state index in [4.69, 9.17) is 9.47 Å². The molecule has 0 radical (unpaired) electrons. The molecule has 0 bridgehead atoms. The van der Waals surface area contributed by atoms with E-state index in [1.54, 1.807) is 20.3 Å². The van der Waals surface area contributed by atoms with Crippen molar-refractivity contribution in [1.29, 1.82) is 0 Å². The summed E-state index contributed by atoms with van der Waals surface area (Å²) in [5, 5.41) is 3.37. The van der Waals surface area contributed by atoms with Crippen molar-refractivity contribution in [2.75, 3.05) is 19.5 Å². The van der Waals surface area contributed by atoms with Crippen molar-refractivity contribution in [3.63, 3.8) is 0 Å². The van der Waals surface area contributed by atoms with E-state index in [0.29, 0.717) is 16.4 Å². The standard InChI is InChI=1S/C17H15BrN2O3S/c1-9-6-10(18)7-12(15(9)23-3)16(21)20-17-19-13-5-4-11(22-2)8-14(13)24-17/h4-8H,1-3H3,(H,19,20,21). The Labute approximate surface area is 151 Å². The van der Waals surface area contributed by atoms with Crippen LogP contribution in [0.25, 0.3) is 10.2 Å². The van der Waals surface area contributed by atoms with E-state index in [1.807, 2.05) is 31.2 Å². The smallest absolute Gasteiger partial charge is 0.261 e. The number of carbonyl (C=O) groups excluding carboxylic acids is 1. The lowest BCUT2D eigenvalue weighted by molar-refractivity contribution is 0.102. The number of carbonyl (C=O) groups is 1. The number of ether oxygens (including phenoxy) is 2. The molecular formula is C17H15BrN2O3S. The van der Waals surface area contributed by atoms with Crippen molar-refractivity contribution in [1.82, 2.24) is 4.98 Å². The summed E-state index contributed by atoms with van der Waals surface area (Å²) >= 11 is 4.81. The van der Waals surface area contributed by atoms with E-state index < -0.39 is 0 Å². The molecule has 3 aromatic rings. The van der Waals surface area contributed by atoms with Gasteiger partial charge in [0.1, 0.15) is 11.5 Å². The zero-order chi connectivity index (χ0) is 17.3. The van der Waals surface area contributed by atoms with Gasteiger partial charge in [0.2, 0.25) is 0 Å². The lowest BCUT2D eigenvalue weighted by Crippen LogP contribution is -2.13. The van der Waals surface area contributed by atoms with E-state index >= 15 is 0 Å². The van der Waals surface area contributed by atoms with Crippen molar-refractivity contribution in [3.05, 3.63) is 45.9 Å². The molecule has 1 N–H and O–H groups in total. The van der Waals surface area contributed by atoms with E-state index in [9.17, 15) is 4.79 Å². The number of thiazole rings is 1. The van der Waals surface area contributed by atoms with Crippen molar-refractivity contribution < 1.29 is 14.3 Å². The van der Waals surface area contributed by atoms with Crippen molar-refractivity contribution in [2.45, 2.75) is 6.92 Å². The molecule has 7 heteroatoms. The highest BCUT2D eigenvalue weighted by atomic mass is 79.9. The van der Waals surface area contributed by atoms with Gasteiger partial charge in [-0.3, -0.25) is 10.1 Å². The van der Waals surface area contributed by atoms with Crippen LogP contribution in [0, 0.1) is 6.92 Å². The number of nitrogens with one attached hydrogen (secondary N) is 1. The highest BCUT2D eigenvalue weighted by molar-refractivity contribution is 9.10. The van der Waals surface area contributed by atoms with E-state index in [0.717, 1.165) is 26.0 Å². The topological polar surface area (TPSA) is 60.5 Å². The van der Waals surface area contributed by atoms with Crippen LogP contribution in [0.5, 0.6) is 11.5 Å². The summed E-state index contributed by atoms with van der Waals surface area (Å²) < 4.78 is 12.3. The van der Waals surface area contributed by atoms with Gasteiger partial charge in [0.25, 0.3) is 5.91 Å². The van der Waals surface area contributed by atoms with Gasteiger partial charge in [0, 0.05) is 4.47 Å². The fraction of sp³-hybridized carbons (Fsp3) is 0.176. The van der Waals surface area contributed by atoms with Gasteiger partial charge >= 0.3 is 0 Å². The van der Waals surface area contributed by atoms with Gasteiger partial charge in [-0.15, -0.1) is 0 Å². The van der Waals surface area contributed by atoms with Crippen molar-refractivity contribution in [2.24, 2.45) is 0 Å². The molecular weight excluding hydrogens is 392 g/mol. The normalized spacial score (nSPS) is 10.7. The second kappa shape index (κ2) is 6.78. The molecule has 0 unspecified atom stereocenters. The molecule has 0 spiro atoms. The first-order valence-corrected chi connectivity index (χ1v) is 8.73. The zero-order valence-corrected chi connectivity index (χ0v) is 15.7. The van der Waals surface area contributed by atoms with Gasteiger partial charge in [0.15, 0.2) is 5.13 Å². The molecule has 0 aliphatic rings. The average molecular weight is 407 g/mol. The number of anilines is 1. The number of methoxy groups -OCH3 is 2. The Hall–Kier alpha value is -2.12. The minimum atomic E-state index is -0.262. The molecule has 0 saturated carbocycles. The Balaban J connectivity index is 1.92. The molecule has 1 aromatic heterocycles. The molecule has 124 valence electrons. The van der Waals surface area contributed by atoms with Crippen LogP contribution >= 0.6 is 27.3 Å². The molecule has 24 heavy (non-hydrogen) atoms. The van der Waals surface area contributed by atoms with Crippen LogP contribution in [-0.2, 0) is 0 Å². The maximum absolute atomic E-state index is 12.6. The monoisotopic (exact) mass is 406 g/mol. The third-order valence-corrected chi connectivity index (χ3v) is 4.90. The maximum atomic E-state index is 12.6. The molecule has 1 amide bonds. The summed E-state index contributed by atoms with van der Waals surface area (Å²) in [7, 11) is 3.17. The lowest BCUT2D eigenvalue weighted by atomic mass is 10.1. The summed E-state index contributed by atoms with van der Waals surface area (Å²) in [4.78, 5) is 17.1. The Morgan fingerprint density at radius 2 is 2.00 bits per heavy atom. The van der Waals surface area contributed by atoms with Gasteiger partial charge in [-0.25, -0.2) is 4.98 Å². The van der Waals surface area contributed by atoms with Crippen LogP contribution < -0.4 is 14.8 Å². The molecule has 0 saturated heterocycles. The molecule has 3 rings (SSSR count). The second-order valence-electron chi connectivity index (χ2n) is 5.11. The Morgan fingerprint density at radius 3 is 2.71 bits per heavy atom. The van der Waals surface area contributed by atoms with Crippen LogP contribution in [-0.4, -0.2) is 25.1 Å². The van der Waals surface area contributed by atoms with Crippen LogP contribution in [0.3, 0.4) is 0 Å². The highest BCUT2D eigenvalue weighted by Crippen LogP contribution is 2.31. The number of benzene rings is 2. The number of hydrogen-bond donors (Lipinski definition) is 1. The number of aryl methyl sites for hydroxylation is 1. The lowest BCUT2D eigenvalue weighted by Gasteiger charge is -2.11. The molecule has 0 atom stereocenters. The van der Waals surface area contributed by atoms with Crippen molar-refractivity contribution >= 4 is 48.5 Å². The Morgan fingerprint density at radius 1 is 1.21 bits per heavy atom. The van der Waals surface area contributed by atoms with Crippen LogP contribution in [0.1, 0.15) is 15.9 Å². The highest BCUT2D eigenvalue weighted by Gasteiger charge is 2.17. The summed E-state index contributed by atoms with van der Waals surface area (Å²) in [5.74, 6) is 1.05. The minimum absolute atomic E-state index is 0.262. The third-order valence-electron chi connectivity index (χ3n) is 3.50. The largest absolute Gasteiger partial charge is 0.497 e.